The largest absolute Gasteiger partial charge is 0.497 e. The fraction of sp³-hybridized carbons (Fsp3) is 0.179. The number of nitrogens with one attached hydrogen (secondary N) is 1. The van der Waals surface area contributed by atoms with Crippen molar-refractivity contribution in [2.24, 2.45) is 0 Å². The number of anilines is 1. The summed E-state index contributed by atoms with van der Waals surface area (Å²) in [6.07, 6.45) is 3.22. The van der Waals surface area contributed by atoms with Gasteiger partial charge in [-0.05, 0) is 48.9 Å². The van der Waals surface area contributed by atoms with Crippen LogP contribution in [0.5, 0.6) is 23.0 Å². The molecule has 0 bridgehead atoms. The van der Waals surface area contributed by atoms with Crippen LogP contribution in [0.25, 0.3) is 27.7 Å². The molecule has 4 aromatic rings. The molecule has 7 heteroatoms. The Kier molecular flexibility index (Phi) is 6.96. The first-order valence-corrected chi connectivity index (χ1v) is 10.9. The Labute approximate surface area is 203 Å². The number of allylic oxidation sites excluding steroid dienone is 1. The number of carbonyl (C=O) groups is 1. The molecule has 0 atom stereocenters. The van der Waals surface area contributed by atoms with Crippen LogP contribution in [0.3, 0.4) is 0 Å². The van der Waals surface area contributed by atoms with Crippen molar-refractivity contribution in [3.05, 3.63) is 72.5 Å². The van der Waals surface area contributed by atoms with Crippen LogP contribution in [0.15, 0.2) is 71.4 Å². The van der Waals surface area contributed by atoms with Gasteiger partial charge in [-0.1, -0.05) is 6.07 Å². The molecule has 0 fully saturated rings. The van der Waals surface area contributed by atoms with E-state index in [1.54, 1.807) is 46.8 Å². The van der Waals surface area contributed by atoms with E-state index in [9.17, 15) is 4.79 Å². The Balaban J connectivity index is 1.74. The Morgan fingerprint density at radius 3 is 2.29 bits per heavy atom. The number of amides is 1. The summed E-state index contributed by atoms with van der Waals surface area (Å²) >= 11 is 0. The molecule has 1 amide bonds. The quantitative estimate of drug-likeness (QED) is 0.308. The lowest BCUT2D eigenvalue weighted by Gasteiger charge is -2.12. The van der Waals surface area contributed by atoms with Gasteiger partial charge in [0.05, 0.1) is 34.7 Å². The first-order valence-electron chi connectivity index (χ1n) is 10.9. The molecule has 0 unspecified atom stereocenters. The van der Waals surface area contributed by atoms with E-state index in [-0.39, 0.29) is 5.91 Å². The molecule has 0 saturated heterocycles. The molecule has 4 rings (SSSR count). The van der Waals surface area contributed by atoms with Gasteiger partial charge >= 0.3 is 0 Å². The normalized spacial score (nSPS) is 11.3. The Morgan fingerprint density at radius 1 is 0.829 bits per heavy atom. The van der Waals surface area contributed by atoms with Crippen LogP contribution in [0, 0.1) is 0 Å². The third kappa shape index (κ3) is 4.94. The van der Waals surface area contributed by atoms with E-state index in [0.717, 1.165) is 27.6 Å². The Morgan fingerprint density at radius 2 is 1.57 bits per heavy atom. The monoisotopic (exact) mass is 473 g/mol. The summed E-state index contributed by atoms with van der Waals surface area (Å²) < 4.78 is 27.6. The van der Waals surface area contributed by atoms with Gasteiger partial charge in [0.1, 0.15) is 28.6 Å². The molecular formula is C28H27NO6. The van der Waals surface area contributed by atoms with Crippen LogP contribution in [-0.2, 0) is 4.79 Å². The third-order valence-corrected chi connectivity index (χ3v) is 5.70. The van der Waals surface area contributed by atoms with Crippen molar-refractivity contribution in [2.45, 2.75) is 6.92 Å². The first-order chi connectivity index (χ1) is 17.0. The molecule has 180 valence electrons. The van der Waals surface area contributed by atoms with Crippen molar-refractivity contribution in [1.82, 2.24) is 0 Å². The molecule has 3 aromatic carbocycles. The van der Waals surface area contributed by atoms with Gasteiger partial charge in [-0.3, -0.25) is 4.79 Å². The van der Waals surface area contributed by atoms with Crippen LogP contribution < -0.4 is 24.3 Å². The van der Waals surface area contributed by atoms with Gasteiger partial charge in [0.2, 0.25) is 5.91 Å². The fourth-order valence-electron chi connectivity index (χ4n) is 3.92. The highest BCUT2D eigenvalue weighted by atomic mass is 16.5. The topological polar surface area (TPSA) is 79.2 Å². The van der Waals surface area contributed by atoms with Gasteiger partial charge < -0.3 is 28.7 Å². The number of benzene rings is 3. The smallest absolute Gasteiger partial charge is 0.248 e. The molecule has 0 aliphatic rings. The molecule has 0 radical (unpaired) electrons. The summed E-state index contributed by atoms with van der Waals surface area (Å²) in [6, 6.07) is 16.6. The molecule has 0 aliphatic carbocycles. The molecule has 1 N–H and O–H groups in total. The molecule has 7 nitrogen and oxygen atoms in total. The summed E-state index contributed by atoms with van der Waals surface area (Å²) in [5, 5.41) is 3.72. The van der Waals surface area contributed by atoms with E-state index in [1.165, 1.54) is 6.08 Å². The average molecular weight is 474 g/mol. The van der Waals surface area contributed by atoms with E-state index in [0.29, 0.717) is 34.3 Å². The molecule has 0 saturated carbocycles. The Bertz CT molecular complexity index is 1400. The molecular weight excluding hydrogens is 446 g/mol. The minimum atomic E-state index is -0.264. The lowest BCUT2D eigenvalue weighted by Crippen LogP contribution is -2.08. The Hall–Kier alpha value is -4.39. The van der Waals surface area contributed by atoms with Crippen molar-refractivity contribution >= 4 is 28.1 Å². The van der Waals surface area contributed by atoms with E-state index in [2.05, 4.69) is 5.32 Å². The van der Waals surface area contributed by atoms with Crippen molar-refractivity contribution in [3.63, 3.8) is 0 Å². The number of methoxy groups -OCH3 is 4. The van der Waals surface area contributed by atoms with Crippen molar-refractivity contribution in [3.8, 4) is 34.1 Å². The summed E-state index contributed by atoms with van der Waals surface area (Å²) in [4.78, 5) is 12.7. The van der Waals surface area contributed by atoms with Gasteiger partial charge in [0.15, 0.2) is 0 Å². The number of furan rings is 1. The van der Waals surface area contributed by atoms with Crippen molar-refractivity contribution in [1.29, 1.82) is 0 Å². The summed E-state index contributed by atoms with van der Waals surface area (Å²) in [6.45, 7) is 1.86. The zero-order valence-electron chi connectivity index (χ0n) is 20.3. The lowest BCUT2D eigenvalue weighted by molar-refractivity contribution is -0.111. The predicted octanol–water partition coefficient (Wildman–Crippen LogP) is 6.18. The minimum Gasteiger partial charge on any atom is -0.497 e. The standard InChI is InChI=1S/C28H27NO6/c1-17(11-28(30)29-18-7-6-8-19(12-18)31-2)21-14-23-24(16-35-27(23)15-26(21)34-5)22-13-20(32-3)9-10-25(22)33-4/h6-16H,1-5H3,(H,29,30)/b17-11+. The lowest BCUT2D eigenvalue weighted by atomic mass is 9.98. The summed E-state index contributed by atoms with van der Waals surface area (Å²) in [7, 11) is 6.41. The molecule has 35 heavy (non-hydrogen) atoms. The second-order valence-corrected chi connectivity index (χ2v) is 7.81. The van der Waals surface area contributed by atoms with E-state index < -0.39 is 0 Å². The molecule has 1 aromatic heterocycles. The number of ether oxygens (including phenoxy) is 4. The highest BCUT2D eigenvalue weighted by molar-refractivity contribution is 6.05. The highest BCUT2D eigenvalue weighted by Crippen LogP contribution is 2.41. The van der Waals surface area contributed by atoms with Gasteiger partial charge in [-0.2, -0.15) is 0 Å². The number of carbonyl (C=O) groups excluding carboxylic acids is 1. The maximum Gasteiger partial charge on any atom is 0.248 e. The van der Waals surface area contributed by atoms with Gasteiger partial charge in [0.25, 0.3) is 0 Å². The number of fused-ring (bicyclic) bond motifs is 1. The number of hydrogen-bond donors (Lipinski definition) is 1. The summed E-state index contributed by atoms with van der Waals surface area (Å²) in [5.41, 5.74) is 4.47. The summed E-state index contributed by atoms with van der Waals surface area (Å²) in [5.74, 6) is 2.39. The molecule has 1 heterocycles. The zero-order chi connectivity index (χ0) is 24.9. The van der Waals surface area contributed by atoms with E-state index in [1.807, 2.05) is 49.4 Å². The van der Waals surface area contributed by atoms with Gasteiger partial charge in [0, 0.05) is 46.0 Å². The second kappa shape index (κ2) is 10.3. The second-order valence-electron chi connectivity index (χ2n) is 7.81. The average Bonchev–Trinajstić information content (AvgIpc) is 3.30. The highest BCUT2D eigenvalue weighted by Gasteiger charge is 2.18. The van der Waals surface area contributed by atoms with Gasteiger partial charge in [-0.25, -0.2) is 0 Å². The fourth-order valence-corrected chi connectivity index (χ4v) is 3.92. The maximum atomic E-state index is 12.7. The van der Waals surface area contributed by atoms with Crippen molar-refractivity contribution in [2.75, 3.05) is 33.8 Å². The van der Waals surface area contributed by atoms with Crippen LogP contribution in [-0.4, -0.2) is 34.3 Å². The van der Waals surface area contributed by atoms with Gasteiger partial charge in [-0.15, -0.1) is 0 Å². The molecule has 0 spiro atoms. The third-order valence-electron chi connectivity index (χ3n) is 5.70. The minimum absolute atomic E-state index is 0.264. The van der Waals surface area contributed by atoms with Crippen molar-refractivity contribution < 1.29 is 28.2 Å². The first kappa shape index (κ1) is 23.8. The van der Waals surface area contributed by atoms with Crippen LogP contribution in [0.1, 0.15) is 12.5 Å². The van der Waals surface area contributed by atoms with Crippen LogP contribution in [0.2, 0.25) is 0 Å². The zero-order valence-corrected chi connectivity index (χ0v) is 20.3. The maximum absolute atomic E-state index is 12.7. The van der Waals surface area contributed by atoms with E-state index in [4.69, 9.17) is 23.4 Å². The SMILES string of the molecule is COc1cccc(NC(=O)/C=C(\C)c2cc3c(-c4cc(OC)ccc4OC)coc3cc2OC)c1. The number of hydrogen-bond acceptors (Lipinski definition) is 6. The van der Waals surface area contributed by atoms with Crippen LogP contribution >= 0.6 is 0 Å². The van der Waals surface area contributed by atoms with Crippen LogP contribution in [0.4, 0.5) is 5.69 Å². The van der Waals surface area contributed by atoms with E-state index >= 15 is 0 Å². The predicted molar refractivity (Wildman–Crippen MR) is 137 cm³/mol. The molecule has 0 aliphatic heterocycles. The number of rotatable bonds is 8.